The van der Waals surface area contributed by atoms with Gasteiger partial charge in [0.2, 0.25) is 47.3 Å². The van der Waals surface area contributed by atoms with E-state index in [4.69, 9.17) is 42.0 Å². The lowest BCUT2D eigenvalue weighted by molar-refractivity contribution is -0.147. The van der Waals surface area contributed by atoms with Crippen molar-refractivity contribution in [2.24, 2.45) is 5.73 Å². The van der Waals surface area contributed by atoms with Crippen molar-refractivity contribution in [2.75, 3.05) is 72.3 Å². The smallest absolute Gasteiger partial charge is 0.326 e. The van der Waals surface area contributed by atoms with Crippen LogP contribution in [-0.2, 0) is 89.7 Å². The van der Waals surface area contributed by atoms with E-state index in [2.05, 4.69) is 77.1 Å². The number of aromatic nitrogens is 8. The van der Waals surface area contributed by atoms with Crippen molar-refractivity contribution in [3.8, 4) is 0 Å². The summed E-state index contributed by atoms with van der Waals surface area (Å²) in [6, 6.07) is 3.63. The lowest BCUT2D eigenvalue weighted by Crippen LogP contribution is -2.55. The highest BCUT2D eigenvalue weighted by Gasteiger charge is 2.31. The maximum Gasteiger partial charge on any atom is 0.326 e. The highest BCUT2D eigenvalue weighted by Crippen LogP contribution is 2.23. The molecule has 0 aliphatic heterocycles. The van der Waals surface area contributed by atoms with Gasteiger partial charge in [0.15, 0.2) is 34.0 Å². The summed E-state index contributed by atoms with van der Waals surface area (Å²) < 4.78 is 10.2. The maximum absolute atomic E-state index is 13.4. The van der Waals surface area contributed by atoms with E-state index < -0.39 is 203 Å². The van der Waals surface area contributed by atoms with Crippen LogP contribution >= 0.6 is 0 Å². The molecule has 0 fully saturated rings. The van der Waals surface area contributed by atoms with Crippen molar-refractivity contribution in [3.63, 3.8) is 0 Å². The highest BCUT2D eigenvalue weighted by molar-refractivity contribution is 6.00. The minimum absolute atomic E-state index is 0.00143. The van der Waals surface area contributed by atoms with Gasteiger partial charge in [-0.1, -0.05) is 0 Å². The van der Waals surface area contributed by atoms with Gasteiger partial charge in [-0.25, -0.2) is 34.3 Å². The average molecular weight is 1520 g/mol. The predicted molar refractivity (Wildman–Crippen MR) is 372 cm³/mol. The van der Waals surface area contributed by atoms with E-state index in [0.717, 1.165) is 0 Å². The Labute approximate surface area is 614 Å². The first-order chi connectivity index (χ1) is 51.6. The van der Waals surface area contributed by atoms with Crippen LogP contribution in [0.1, 0.15) is 103 Å². The van der Waals surface area contributed by atoms with Crippen LogP contribution < -0.4 is 69.5 Å². The van der Waals surface area contributed by atoms with E-state index >= 15 is 0 Å². The molecule has 5 atom stereocenters. The van der Waals surface area contributed by atoms with Gasteiger partial charge in [0, 0.05) is 62.3 Å². The Morgan fingerprint density at radius 3 is 1.42 bits per heavy atom. The molecule has 45 nitrogen and oxygen atoms in total. The lowest BCUT2D eigenvalue weighted by atomic mass is 10.1. The van der Waals surface area contributed by atoms with E-state index in [-0.39, 0.29) is 89.5 Å². The van der Waals surface area contributed by atoms with Crippen LogP contribution in [0.3, 0.4) is 0 Å². The standard InChI is InChI=1S/C64H75N21O24/c1-84(34-7-3-30(4-8-34)56(98)75-37(60(102)103)11-15-45(90)91)28-32-26-70-53-50(72-32)52(66)80-64(83-53)79-42(87)14-18-49(97)108-21-19-68-43(88)23-36(65)58(100)77-39(24-44(89)74-40(62(106)107)25-47(94)95)59(101)69-20-22-109-48(96)17-13-41(86)78-55-51-54(81-63(67)82-55)71-27-33(73-51)29-85(2)35-9-5-31(6-10-35)57(99)76-38(61(104)105)12-16-46(92)93/h3-10,26-27,36-40H,11-25,28-29,65H2,1-2H3,(H,68,88)(H,69,101)(H,74,89)(H,75,98)(H,76,99)(H,77,100)(H,90,91)(H,92,93)(H,94,95)(H,102,103)(H,104,105)(H,106,107)(H3,66,70,79,80,83,87)(H3,67,71,78,81,82,86)/t36?,37-,38-,39?,40?/m1/s1. The Hall–Kier alpha value is -14.0. The van der Waals surface area contributed by atoms with E-state index in [1.165, 1.54) is 36.7 Å². The number of carbonyl (C=O) groups excluding carboxylic acids is 10. The molecule has 0 bridgehead atoms. The first-order valence-corrected chi connectivity index (χ1v) is 32.6. The zero-order valence-corrected chi connectivity index (χ0v) is 57.9. The van der Waals surface area contributed by atoms with Gasteiger partial charge in [-0.3, -0.25) is 67.6 Å². The van der Waals surface area contributed by atoms with Crippen LogP contribution in [0.5, 0.6) is 0 Å². The summed E-state index contributed by atoms with van der Waals surface area (Å²) in [4.78, 5) is 234. The van der Waals surface area contributed by atoms with Crippen LogP contribution in [0.15, 0.2) is 60.9 Å². The predicted octanol–water partition coefficient (Wildman–Crippen LogP) is -3.22. The quantitative estimate of drug-likeness (QED) is 0.0132. The molecule has 20 N–H and O–H groups in total. The number of aliphatic carboxylic acids is 6. The number of nitrogens with zero attached hydrogens (tertiary/aromatic N) is 10. The van der Waals surface area contributed by atoms with Gasteiger partial charge in [0.25, 0.3) is 11.8 Å². The zero-order chi connectivity index (χ0) is 80.2. The molecule has 6 aromatic rings. The van der Waals surface area contributed by atoms with Crippen molar-refractivity contribution >= 4 is 152 Å². The Morgan fingerprint density at radius 2 is 0.936 bits per heavy atom. The molecule has 4 aromatic heterocycles. The zero-order valence-electron chi connectivity index (χ0n) is 57.9. The van der Waals surface area contributed by atoms with Crippen molar-refractivity contribution in [1.82, 2.24) is 71.8 Å². The molecule has 109 heavy (non-hydrogen) atoms. The number of hydrogen-bond donors (Lipinski definition) is 17. The number of ether oxygens (including phenoxy) is 2. The number of anilines is 6. The number of rotatable bonds is 43. The number of benzene rings is 2. The van der Waals surface area contributed by atoms with Crippen LogP contribution in [-0.4, -0.2) is 236 Å². The fraction of sp³-hybridized carbons (Fsp3) is 0.375. The van der Waals surface area contributed by atoms with Gasteiger partial charge in [-0.2, -0.15) is 19.9 Å². The summed E-state index contributed by atoms with van der Waals surface area (Å²) in [6.07, 6.45) is -3.60. The molecule has 6 rings (SSSR count). The molecule has 0 aliphatic rings. The number of esters is 2. The SMILES string of the molecule is CN(Cc1cnc2nc(NC(=O)CCC(=O)OCCNC(=O)CC(N)C(=O)NC(CC(=O)NC(CC(=O)O)C(=O)O)C(=O)NCCOC(=O)CCC(=O)Nc3nc(N)nc4ncc(CN(C)c5ccc(C(=O)N[C@H](CCC(=O)O)C(=O)O)cc5)nc34)nc(N)c2n1)c1ccc(C(=O)N[C@H](CCC(=O)O)C(=O)O)cc1. The molecular weight excluding hydrogens is 1450 g/mol. The third-order valence-corrected chi connectivity index (χ3v) is 15.1. The highest BCUT2D eigenvalue weighted by atomic mass is 16.5. The van der Waals surface area contributed by atoms with E-state index in [0.29, 0.717) is 22.8 Å². The summed E-state index contributed by atoms with van der Waals surface area (Å²) in [5.41, 5.74) is 20.2. The number of fused-ring (bicyclic) bond motifs is 2. The van der Waals surface area contributed by atoms with Gasteiger partial charge in [-0.15, -0.1) is 0 Å². The summed E-state index contributed by atoms with van der Waals surface area (Å²) in [5.74, 6) is -18.8. The fourth-order valence-corrected chi connectivity index (χ4v) is 9.60. The molecule has 0 saturated carbocycles. The van der Waals surface area contributed by atoms with Crippen LogP contribution in [0.2, 0.25) is 0 Å². The Morgan fingerprint density at radius 1 is 0.459 bits per heavy atom. The Bertz CT molecular complexity index is 4440. The number of carbonyl (C=O) groups is 16. The van der Waals surface area contributed by atoms with Crippen molar-refractivity contribution in [2.45, 2.75) is 114 Å². The van der Waals surface area contributed by atoms with Crippen molar-refractivity contribution < 1.29 is 117 Å². The second-order valence-electron chi connectivity index (χ2n) is 23.6. The summed E-state index contributed by atoms with van der Waals surface area (Å²) in [6.45, 7) is -1.54. The maximum atomic E-state index is 13.4. The fourth-order valence-electron chi connectivity index (χ4n) is 9.60. The monoisotopic (exact) mass is 1520 g/mol. The summed E-state index contributed by atoms with van der Waals surface area (Å²) in [7, 11) is 3.38. The number of amides is 8. The lowest BCUT2D eigenvalue weighted by Gasteiger charge is -2.21. The Balaban J connectivity index is 0.917. The average Bonchev–Trinajstić information content (AvgIpc) is 0.804. The minimum atomic E-state index is -1.98. The number of nitrogens with two attached hydrogens (primary N) is 3. The minimum Gasteiger partial charge on any atom is -0.481 e. The largest absolute Gasteiger partial charge is 0.481 e. The van der Waals surface area contributed by atoms with Crippen LogP contribution in [0.4, 0.5) is 34.9 Å². The van der Waals surface area contributed by atoms with E-state index in [9.17, 15) is 92.0 Å². The molecule has 0 radical (unpaired) electrons. The van der Waals surface area contributed by atoms with E-state index in [1.807, 2.05) is 5.32 Å². The number of nitrogens with one attached hydrogen (secondary N) is 8. The topological polar surface area (TPSA) is 697 Å². The molecule has 0 spiro atoms. The van der Waals surface area contributed by atoms with Gasteiger partial charge < -0.3 is 104 Å². The third-order valence-electron chi connectivity index (χ3n) is 15.1. The van der Waals surface area contributed by atoms with Crippen molar-refractivity contribution in [1.29, 1.82) is 0 Å². The van der Waals surface area contributed by atoms with E-state index in [1.54, 1.807) is 48.2 Å². The summed E-state index contributed by atoms with van der Waals surface area (Å²) in [5, 5.41) is 73.4. The molecule has 3 unspecified atom stereocenters. The number of hydrogen-bond acceptors (Lipinski definition) is 31. The van der Waals surface area contributed by atoms with Crippen LogP contribution in [0.25, 0.3) is 22.3 Å². The number of nitrogen functional groups attached to an aromatic ring is 2. The second-order valence-corrected chi connectivity index (χ2v) is 23.6. The van der Waals surface area contributed by atoms with Gasteiger partial charge in [0.05, 0.1) is 88.1 Å². The molecule has 0 saturated heterocycles. The molecule has 4 heterocycles. The van der Waals surface area contributed by atoms with Crippen LogP contribution in [0, 0.1) is 0 Å². The second kappa shape index (κ2) is 40.3. The first kappa shape index (κ1) is 83.9. The molecule has 8 amide bonds. The molecule has 2 aromatic carbocycles. The van der Waals surface area contributed by atoms with Gasteiger partial charge in [-0.05, 0) is 61.4 Å². The normalized spacial score (nSPS) is 12.2. The number of carboxylic acids is 6. The van der Waals surface area contributed by atoms with Gasteiger partial charge in [0.1, 0.15) is 37.4 Å². The van der Waals surface area contributed by atoms with Gasteiger partial charge >= 0.3 is 47.8 Å². The molecule has 45 heteroatoms. The Kier molecular flexibility index (Phi) is 31.0. The molecule has 580 valence electrons. The molecular formula is C64H75N21O24. The first-order valence-electron chi connectivity index (χ1n) is 32.6. The third kappa shape index (κ3) is 27.5. The summed E-state index contributed by atoms with van der Waals surface area (Å²) >= 11 is 0. The molecule has 0 aliphatic carbocycles. The number of carboxylic acid groups (broad SMARTS) is 6. The van der Waals surface area contributed by atoms with Crippen molar-refractivity contribution in [3.05, 3.63) is 83.4 Å².